The normalized spacial score (nSPS) is 15.2. The molecule has 1 aliphatic rings. The van der Waals surface area contributed by atoms with Crippen LogP contribution in [0.1, 0.15) is 38.1 Å². The lowest BCUT2D eigenvalue weighted by molar-refractivity contribution is 0.0746. The maximum Gasteiger partial charge on any atom is 0.253 e. The summed E-state index contributed by atoms with van der Waals surface area (Å²) in [6.45, 7) is 11.1. The number of fused-ring (bicyclic) bond motifs is 1. The molecule has 0 unspecified atom stereocenters. The largest absolute Gasteiger partial charge is 0.345 e. The Bertz CT molecular complexity index is 1530. The van der Waals surface area contributed by atoms with Crippen molar-refractivity contribution in [2.75, 3.05) is 50.4 Å². The van der Waals surface area contributed by atoms with Gasteiger partial charge in [0.15, 0.2) is 15.0 Å². The summed E-state index contributed by atoms with van der Waals surface area (Å²) in [6.07, 6.45) is 1.19. The van der Waals surface area contributed by atoms with Crippen molar-refractivity contribution in [3.05, 3.63) is 48.0 Å². The van der Waals surface area contributed by atoms with Gasteiger partial charge in [0.05, 0.1) is 20.0 Å². The zero-order chi connectivity index (χ0) is 28.5. The average Bonchev–Trinajstić information content (AvgIpc) is 3.31. The minimum atomic E-state index is -3.66. The van der Waals surface area contributed by atoms with E-state index in [4.69, 9.17) is 0 Å². The van der Waals surface area contributed by atoms with Gasteiger partial charge in [0.1, 0.15) is 0 Å². The standard InChI is InChI=1S/C27H36N4O5S3/c1-19(2)17-31(18-20(3)4)39(35,36)22-8-6-21(7-9-22)26(32)29-12-14-30(15-13-29)27-28-24-11-10-23(38(5,33)34)16-25(24)37-27/h6-11,16,19-20H,12-15,17-18H2,1-5H3. The van der Waals surface area contributed by atoms with Crippen LogP contribution in [0.4, 0.5) is 5.13 Å². The molecule has 1 fully saturated rings. The molecule has 9 nitrogen and oxygen atoms in total. The van der Waals surface area contributed by atoms with Gasteiger partial charge in [0, 0.05) is 51.1 Å². The first-order chi connectivity index (χ1) is 18.3. The molecule has 1 aliphatic heterocycles. The monoisotopic (exact) mass is 592 g/mol. The molecule has 0 radical (unpaired) electrons. The Hall–Kier alpha value is -2.54. The van der Waals surface area contributed by atoms with Gasteiger partial charge < -0.3 is 9.80 Å². The third-order valence-corrected chi connectivity index (χ3v) is 10.5. The third kappa shape index (κ3) is 6.79. The summed E-state index contributed by atoms with van der Waals surface area (Å²) in [5.41, 5.74) is 1.20. The van der Waals surface area contributed by atoms with Crippen LogP contribution in [0.2, 0.25) is 0 Å². The van der Waals surface area contributed by atoms with Crippen molar-refractivity contribution in [3.8, 4) is 0 Å². The topological polar surface area (TPSA) is 108 Å². The number of nitrogens with zero attached hydrogens (tertiary/aromatic N) is 4. The van der Waals surface area contributed by atoms with Crippen molar-refractivity contribution >= 4 is 52.5 Å². The predicted octanol–water partition coefficient (Wildman–Crippen LogP) is 3.96. The molecular weight excluding hydrogens is 557 g/mol. The van der Waals surface area contributed by atoms with E-state index in [0.717, 1.165) is 15.3 Å². The van der Waals surface area contributed by atoms with E-state index in [2.05, 4.69) is 9.88 Å². The van der Waals surface area contributed by atoms with Crippen molar-refractivity contribution in [3.63, 3.8) is 0 Å². The molecule has 2 heterocycles. The van der Waals surface area contributed by atoms with Crippen LogP contribution in [0.25, 0.3) is 10.2 Å². The van der Waals surface area contributed by atoms with E-state index in [9.17, 15) is 21.6 Å². The number of aromatic nitrogens is 1. The van der Waals surface area contributed by atoms with Crippen LogP contribution >= 0.6 is 11.3 Å². The molecule has 1 saturated heterocycles. The molecule has 0 spiro atoms. The highest BCUT2D eigenvalue weighted by atomic mass is 32.2. The van der Waals surface area contributed by atoms with Crippen LogP contribution in [-0.4, -0.2) is 82.5 Å². The number of sulfone groups is 1. The highest BCUT2D eigenvalue weighted by molar-refractivity contribution is 7.90. The van der Waals surface area contributed by atoms with Gasteiger partial charge in [0.25, 0.3) is 5.91 Å². The van der Waals surface area contributed by atoms with Gasteiger partial charge in [-0.25, -0.2) is 21.8 Å². The number of carbonyl (C=O) groups is 1. The Morgan fingerprint density at radius 2 is 1.46 bits per heavy atom. The quantitative estimate of drug-likeness (QED) is 0.370. The molecule has 1 amide bonds. The number of hydrogen-bond acceptors (Lipinski definition) is 8. The van der Waals surface area contributed by atoms with Crippen molar-refractivity contribution < 1.29 is 21.6 Å². The molecule has 0 saturated carbocycles. The molecule has 12 heteroatoms. The van der Waals surface area contributed by atoms with Crippen molar-refractivity contribution in [1.82, 2.24) is 14.2 Å². The Morgan fingerprint density at radius 3 is 2.00 bits per heavy atom. The predicted molar refractivity (Wildman–Crippen MR) is 156 cm³/mol. The summed E-state index contributed by atoms with van der Waals surface area (Å²) in [4.78, 5) is 22.2. The summed E-state index contributed by atoms with van der Waals surface area (Å²) in [5, 5.41) is 0.796. The van der Waals surface area contributed by atoms with Crippen molar-refractivity contribution in [2.45, 2.75) is 37.5 Å². The third-order valence-electron chi connectivity index (χ3n) is 6.49. The number of carbonyl (C=O) groups excluding carboxylic acids is 1. The number of thiazole rings is 1. The molecule has 1 aromatic heterocycles. The van der Waals surface area contributed by atoms with Gasteiger partial charge in [-0.15, -0.1) is 0 Å². The average molecular weight is 593 g/mol. The fourth-order valence-corrected chi connectivity index (χ4v) is 8.09. The van der Waals surface area contributed by atoms with E-state index in [1.807, 2.05) is 27.7 Å². The van der Waals surface area contributed by atoms with Gasteiger partial charge in [-0.2, -0.15) is 4.31 Å². The molecule has 0 aliphatic carbocycles. The lowest BCUT2D eigenvalue weighted by atomic mass is 10.2. The number of benzene rings is 2. The maximum absolute atomic E-state index is 13.3. The molecule has 39 heavy (non-hydrogen) atoms. The molecule has 4 rings (SSSR count). The van der Waals surface area contributed by atoms with E-state index >= 15 is 0 Å². The lowest BCUT2D eigenvalue weighted by Crippen LogP contribution is -2.48. The van der Waals surface area contributed by atoms with E-state index in [0.29, 0.717) is 44.8 Å². The number of hydrogen-bond donors (Lipinski definition) is 0. The maximum atomic E-state index is 13.3. The summed E-state index contributed by atoms with van der Waals surface area (Å²) in [7, 11) is -6.95. The van der Waals surface area contributed by atoms with Gasteiger partial charge in [0.2, 0.25) is 10.0 Å². The molecule has 0 atom stereocenters. The molecular formula is C27H36N4O5S3. The molecule has 2 aromatic carbocycles. The van der Waals surface area contributed by atoms with Crippen LogP contribution < -0.4 is 4.90 Å². The van der Waals surface area contributed by atoms with Gasteiger partial charge in [-0.3, -0.25) is 4.79 Å². The second-order valence-electron chi connectivity index (χ2n) is 10.8. The Balaban J connectivity index is 1.42. The number of piperazine rings is 1. The number of rotatable bonds is 9. The first-order valence-electron chi connectivity index (χ1n) is 13.0. The van der Waals surface area contributed by atoms with Crippen LogP contribution in [0.5, 0.6) is 0 Å². The lowest BCUT2D eigenvalue weighted by Gasteiger charge is -2.34. The number of amides is 1. The molecule has 212 valence electrons. The summed E-state index contributed by atoms with van der Waals surface area (Å²) >= 11 is 1.44. The Kier molecular flexibility index (Phi) is 8.70. The molecule has 0 N–H and O–H groups in total. The minimum absolute atomic E-state index is 0.137. The van der Waals surface area contributed by atoms with Crippen LogP contribution in [0.3, 0.4) is 0 Å². The van der Waals surface area contributed by atoms with E-state index < -0.39 is 19.9 Å². The van der Waals surface area contributed by atoms with Crippen molar-refractivity contribution in [2.24, 2.45) is 11.8 Å². The smallest absolute Gasteiger partial charge is 0.253 e. The number of anilines is 1. The van der Waals surface area contributed by atoms with E-state index in [1.165, 1.54) is 34.0 Å². The van der Waals surface area contributed by atoms with E-state index in [-0.39, 0.29) is 27.5 Å². The Labute approximate surface area is 235 Å². The molecule has 0 bridgehead atoms. The van der Waals surface area contributed by atoms with Crippen LogP contribution in [0, 0.1) is 11.8 Å². The summed E-state index contributed by atoms with van der Waals surface area (Å²) in [5.74, 6) is 0.262. The van der Waals surface area contributed by atoms with Gasteiger partial charge >= 0.3 is 0 Å². The second kappa shape index (κ2) is 11.5. The minimum Gasteiger partial charge on any atom is -0.345 e. The molecule has 3 aromatic rings. The highest BCUT2D eigenvalue weighted by Gasteiger charge is 2.28. The highest BCUT2D eigenvalue weighted by Crippen LogP contribution is 2.31. The summed E-state index contributed by atoms with van der Waals surface area (Å²) in [6, 6.07) is 11.2. The van der Waals surface area contributed by atoms with Crippen LogP contribution in [0.15, 0.2) is 52.3 Å². The second-order valence-corrected chi connectivity index (χ2v) is 15.8. The Morgan fingerprint density at radius 1 is 0.897 bits per heavy atom. The zero-order valence-electron chi connectivity index (χ0n) is 23.0. The fraction of sp³-hybridized carbons (Fsp3) is 0.481. The zero-order valence-corrected chi connectivity index (χ0v) is 25.4. The first kappa shape index (κ1) is 29.4. The SMILES string of the molecule is CC(C)CN(CC(C)C)S(=O)(=O)c1ccc(C(=O)N2CCN(c3nc4ccc(S(C)(=O)=O)cc4s3)CC2)cc1. The van der Waals surface area contributed by atoms with Gasteiger partial charge in [-0.1, -0.05) is 39.0 Å². The first-order valence-corrected chi connectivity index (χ1v) is 17.2. The van der Waals surface area contributed by atoms with Gasteiger partial charge in [-0.05, 0) is 54.3 Å². The van der Waals surface area contributed by atoms with E-state index in [1.54, 1.807) is 35.2 Å². The van der Waals surface area contributed by atoms with Crippen LogP contribution in [-0.2, 0) is 19.9 Å². The summed E-state index contributed by atoms with van der Waals surface area (Å²) < 4.78 is 52.7. The van der Waals surface area contributed by atoms with Crippen molar-refractivity contribution in [1.29, 1.82) is 0 Å². The fourth-order valence-electron chi connectivity index (χ4n) is 4.55. The number of sulfonamides is 1.